The van der Waals surface area contributed by atoms with E-state index in [1.807, 2.05) is 52.1 Å². The van der Waals surface area contributed by atoms with Crippen LogP contribution in [0.3, 0.4) is 0 Å². The molecule has 0 saturated carbocycles. The van der Waals surface area contributed by atoms with Gasteiger partial charge in [0.1, 0.15) is 4.90 Å². The predicted octanol–water partition coefficient (Wildman–Crippen LogP) is 8.69. The third-order valence-corrected chi connectivity index (χ3v) is 19.3. The Hall–Kier alpha value is -6.15. The minimum absolute atomic E-state index is 0.00506. The van der Waals surface area contributed by atoms with Crippen molar-refractivity contribution in [2.24, 2.45) is 5.41 Å². The van der Waals surface area contributed by atoms with Gasteiger partial charge in [0.15, 0.2) is 11.6 Å². The van der Waals surface area contributed by atoms with Gasteiger partial charge in [0, 0.05) is 124 Å². The van der Waals surface area contributed by atoms with Crippen LogP contribution in [-0.4, -0.2) is 149 Å². The summed E-state index contributed by atoms with van der Waals surface area (Å²) in [6.45, 7) is 11.3. The number of hydrogen-bond donors (Lipinski definition) is 3. The number of thioether (sulfide) groups is 1. The quantitative estimate of drug-likeness (QED) is 0.0524. The van der Waals surface area contributed by atoms with Crippen molar-refractivity contribution in [2.45, 2.75) is 78.7 Å². The molecule has 25 heteroatoms. The maximum atomic E-state index is 15.1. The summed E-state index contributed by atoms with van der Waals surface area (Å²) in [4.78, 5) is 45.7. The second-order valence-electron chi connectivity index (χ2n) is 21.4. The lowest BCUT2D eigenvalue weighted by Crippen LogP contribution is -2.50. The van der Waals surface area contributed by atoms with Crippen molar-refractivity contribution in [2.75, 3.05) is 92.9 Å². The van der Waals surface area contributed by atoms with Gasteiger partial charge >= 0.3 is 11.5 Å². The monoisotopic (exact) mass is 1190 g/mol. The molecule has 4 heterocycles. The number of imide groups is 1. The van der Waals surface area contributed by atoms with Crippen molar-refractivity contribution >= 4 is 83.8 Å². The Bertz CT molecular complexity index is 3360. The number of allylic oxidation sites excluding steroid dienone is 1. The fourth-order valence-electron chi connectivity index (χ4n) is 10.5. The summed E-state index contributed by atoms with van der Waals surface area (Å²) >= 11 is 7.60. The average molecular weight is 1200 g/mol. The number of rotatable bonds is 19. The van der Waals surface area contributed by atoms with Crippen molar-refractivity contribution in [3.8, 4) is 0 Å². The van der Waals surface area contributed by atoms with Crippen LogP contribution in [0.25, 0.3) is 5.57 Å². The van der Waals surface area contributed by atoms with Gasteiger partial charge in [-0.3, -0.25) is 29.6 Å². The number of sulfonamides is 1. The first kappa shape index (κ1) is 59.5. The molecule has 3 aliphatic heterocycles. The van der Waals surface area contributed by atoms with E-state index in [-0.39, 0.29) is 42.1 Å². The van der Waals surface area contributed by atoms with Crippen LogP contribution in [0.1, 0.15) is 67.6 Å². The number of nitrogens with zero attached hydrogens (tertiary/aromatic N) is 7. The SMILES string of the molecule is CC1(C)CCC(c2ccc(Cl)cc2)=C(CN2CCN(c3ccc(C(=O)NS(=O)(=O)c4ccc(N[C@H](CCN5CCN(Cc6cc(F)c(N7CCC(=O)NC7=O)nn6)CC5)CSc5ccccc5)c(S(=O)(=O)C(F)(F)F)c4)cc3)CC2)C1. The predicted molar refractivity (Wildman–Crippen MR) is 304 cm³/mol. The Balaban J connectivity index is 0.829. The normalized spacial score (nSPS) is 18.4. The van der Waals surface area contributed by atoms with Crippen molar-refractivity contribution in [1.82, 2.24) is 34.9 Å². The number of carbonyl (C=O) groups is 3. The van der Waals surface area contributed by atoms with E-state index in [0.29, 0.717) is 69.0 Å². The van der Waals surface area contributed by atoms with Gasteiger partial charge < -0.3 is 15.1 Å². The van der Waals surface area contributed by atoms with E-state index in [1.54, 1.807) is 12.1 Å². The number of sulfone groups is 1. The number of urea groups is 1. The first-order chi connectivity index (χ1) is 38.5. The Morgan fingerprint density at radius 1 is 0.802 bits per heavy atom. The minimum Gasteiger partial charge on any atom is -0.380 e. The largest absolute Gasteiger partial charge is 0.501 e. The van der Waals surface area contributed by atoms with E-state index in [9.17, 15) is 44.4 Å². The number of aromatic nitrogens is 2. The molecule has 4 amide bonds. The van der Waals surface area contributed by atoms with Gasteiger partial charge in [0.25, 0.3) is 25.8 Å². The zero-order valence-electron chi connectivity index (χ0n) is 44.7. The molecule has 4 aromatic carbocycles. The van der Waals surface area contributed by atoms with Crippen LogP contribution in [0.2, 0.25) is 5.02 Å². The van der Waals surface area contributed by atoms with Crippen LogP contribution >= 0.6 is 23.4 Å². The van der Waals surface area contributed by atoms with E-state index in [1.165, 1.54) is 46.7 Å². The van der Waals surface area contributed by atoms with Gasteiger partial charge in [-0.25, -0.2) is 30.7 Å². The lowest BCUT2D eigenvalue weighted by atomic mass is 9.73. The fraction of sp³-hybridized carbons (Fsp3) is 0.411. The number of benzene rings is 4. The Morgan fingerprint density at radius 2 is 1.47 bits per heavy atom. The van der Waals surface area contributed by atoms with Crippen LogP contribution in [-0.2, 0) is 31.2 Å². The molecule has 4 aliphatic rings. The van der Waals surface area contributed by atoms with E-state index < -0.39 is 70.6 Å². The molecule has 432 valence electrons. The van der Waals surface area contributed by atoms with Crippen LogP contribution < -0.4 is 25.2 Å². The van der Waals surface area contributed by atoms with E-state index in [0.717, 1.165) is 66.5 Å². The molecule has 0 radical (unpaired) electrons. The zero-order valence-corrected chi connectivity index (χ0v) is 47.9. The molecule has 81 heavy (non-hydrogen) atoms. The lowest BCUT2D eigenvalue weighted by molar-refractivity contribution is -0.120. The summed E-state index contributed by atoms with van der Waals surface area (Å²) in [6.07, 6.45) is 3.42. The number of anilines is 3. The summed E-state index contributed by atoms with van der Waals surface area (Å²) in [5, 5.41) is 13.9. The Kier molecular flexibility index (Phi) is 18.5. The summed E-state index contributed by atoms with van der Waals surface area (Å²) in [6, 6.07) is 25.7. The van der Waals surface area contributed by atoms with Crippen molar-refractivity contribution in [3.05, 3.63) is 136 Å². The second kappa shape index (κ2) is 25.1. The molecular weight excluding hydrogens is 1130 g/mol. The highest BCUT2D eigenvalue weighted by Crippen LogP contribution is 2.43. The lowest BCUT2D eigenvalue weighted by Gasteiger charge is -2.39. The standard InChI is InChI=1S/C56H63ClF4N10O7S3/c1-55(2)21-18-47(38-8-12-41(57)13-9-38)40(34-55)35-68-28-30-70(31-29-68)44-14-10-39(11-15-44)53(73)66-81(77,78)46-16-17-49(50(33-46)80(75,76)56(59,60)61)62-42(37-79-45-6-4-3-5-7-45)19-22-67-24-26-69(27-25-67)36-43-32-48(58)52(65-64-43)71-23-20-51(72)63-54(71)74/h3-17,32-33,42,62H,18-31,34-37H2,1-2H3,(H,66,73)(H,63,72,74)/t42-/m1/s1. The highest BCUT2D eigenvalue weighted by molar-refractivity contribution is 7.99. The molecule has 1 aliphatic carbocycles. The second-order valence-corrected chi connectivity index (χ2v) is 26.5. The van der Waals surface area contributed by atoms with Crippen molar-refractivity contribution in [3.63, 3.8) is 0 Å². The Labute approximate surface area is 478 Å². The van der Waals surface area contributed by atoms with Crippen molar-refractivity contribution < 1.29 is 48.8 Å². The third-order valence-electron chi connectivity index (χ3n) is 15.0. The number of halogens is 5. The highest BCUT2D eigenvalue weighted by atomic mass is 35.5. The molecule has 3 N–H and O–H groups in total. The number of hydrogen-bond acceptors (Lipinski definition) is 15. The average Bonchev–Trinajstić information content (AvgIpc) is 3.62. The molecule has 3 fully saturated rings. The minimum atomic E-state index is -6.15. The fourth-order valence-corrected chi connectivity index (χ4v) is 13.6. The van der Waals surface area contributed by atoms with Crippen molar-refractivity contribution in [1.29, 1.82) is 0 Å². The maximum absolute atomic E-state index is 15.1. The maximum Gasteiger partial charge on any atom is 0.501 e. The first-order valence-corrected chi connectivity index (χ1v) is 30.9. The number of alkyl halides is 3. The summed E-state index contributed by atoms with van der Waals surface area (Å²) < 4.78 is 114. The topological polar surface area (TPSA) is 198 Å². The van der Waals surface area contributed by atoms with E-state index >= 15 is 4.39 Å². The molecule has 3 saturated heterocycles. The first-order valence-electron chi connectivity index (χ1n) is 26.6. The Morgan fingerprint density at radius 3 is 2.14 bits per heavy atom. The number of carbonyl (C=O) groups excluding carboxylic acids is 3. The molecule has 1 atom stereocenters. The summed E-state index contributed by atoms with van der Waals surface area (Å²) in [5.74, 6) is -2.30. The van der Waals surface area contributed by atoms with Gasteiger partial charge in [-0.1, -0.05) is 61.4 Å². The number of piperazine rings is 2. The van der Waals surface area contributed by atoms with Gasteiger partial charge in [0.2, 0.25) is 5.91 Å². The molecule has 0 unspecified atom stereocenters. The molecule has 0 spiro atoms. The number of amides is 4. The van der Waals surface area contributed by atoms with Crippen LogP contribution in [0.5, 0.6) is 0 Å². The smallest absolute Gasteiger partial charge is 0.380 e. The molecule has 17 nitrogen and oxygen atoms in total. The van der Waals surface area contributed by atoms with Gasteiger partial charge in [0.05, 0.1) is 16.3 Å². The summed E-state index contributed by atoms with van der Waals surface area (Å²) in [5.41, 5.74) is -0.963. The number of nitrogens with one attached hydrogen (secondary N) is 3. The van der Waals surface area contributed by atoms with Crippen LogP contribution in [0, 0.1) is 11.2 Å². The summed E-state index contributed by atoms with van der Waals surface area (Å²) in [7, 11) is -11.1. The van der Waals surface area contributed by atoms with Gasteiger partial charge in [-0.05, 0) is 109 Å². The zero-order chi connectivity index (χ0) is 57.7. The van der Waals surface area contributed by atoms with Crippen LogP contribution in [0.15, 0.2) is 123 Å². The van der Waals surface area contributed by atoms with Gasteiger partial charge in [-0.2, -0.15) is 18.3 Å². The molecule has 9 rings (SSSR count). The molecule has 5 aromatic rings. The van der Waals surface area contributed by atoms with Gasteiger partial charge in [-0.15, -0.1) is 16.9 Å². The molecule has 1 aromatic heterocycles. The van der Waals surface area contributed by atoms with Crippen LogP contribution in [0.4, 0.5) is 39.5 Å². The van der Waals surface area contributed by atoms with E-state index in [2.05, 4.69) is 61.5 Å². The third kappa shape index (κ3) is 14.9. The van der Waals surface area contributed by atoms with E-state index in [4.69, 9.17) is 11.6 Å². The molecular formula is C56H63ClF4N10O7S3. The highest BCUT2D eigenvalue weighted by Gasteiger charge is 2.48. The molecule has 0 bridgehead atoms.